The summed E-state index contributed by atoms with van der Waals surface area (Å²) in [6.07, 6.45) is 0. The Hall–Kier alpha value is -3.11. The number of hydrogen-bond acceptors (Lipinski definition) is 6. The molecule has 128 valence electrons. The van der Waals surface area contributed by atoms with Crippen LogP contribution in [-0.4, -0.2) is 15.3 Å². The highest BCUT2D eigenvalue weighted by Gasteiger charge is 2.23. The lowest BCUT2D eigenvalue weighted by Crippen LogP contribution is -2.02. The van der Waals surface area contributed by atoms with Crippen LogP contribution in [0.25, 0.3) is 0 Å². The Morgan fingerprint density at radius 3 is 1.04 bits per heavy atom. The summed E-state index contributed by atoms with van der Waals surface area (Å²) < 4.78 is 16.8. The van der Waals surface area contributed by atoms with Crippen molar-refractivity contribution in [2.45, 2.75) is 0 Å². The van der Waals surface area contributed by atoms with Gasteiger partial charge in [0.2, 0.25) is 0 Å². The van der Waals surface area contributed by atoms with Crippen molar-refractivity contribution in [1.29, 1.82) is 0 Å². The van der Waals surface area contributed by atoms with Gasteiger partial charge in [0.05, 0.1) is 0 Å². The molecule has 0 aliphatic heterocycles. The molecular formula is C18H15O6P. The maximum Gasteiger partial charge on any atom is 0.530 e. The summed E-state index contributed by atoms with van der Waals surface area (Å²) in [5.41, 5.74) is 0. The van der Waals surface area contributed by atoms with Crippen molar-refractivity contribution in [2.75, 3.05) is 0 Å². The van der Waals surface area contributed by atoms with Crippen LogP contribution in [-0.2, 0) is 0 Å². The molecule has 3 aromatic rings. The molecule has 0 unspecified atom stereocenters. The number of phenolic OH excluding ortho intramolecular Hbond substituents is 3. The summed E-state index contributed by atoms with van der Waals surface area (Å²) in [5, 5.41) is 29.6. The van der Waals surface area contributed by atoms with Gasteiger partial charge in [-0.3, -0.25) is 0 Å². The van der Waals surface area contributed by atoms with E-state index in [9.17, 15) is 15.3 Å². The van der Waals surface area contributed by atoms with Gasteiger partial charge in [-0.1, -0.05) is 36.4 Å². The molecule has 0 heterocycles. The number of phenols is 3. The standard InChI is InChI=1S/C18H15O6P/c19-13-7-1-4-10-16(13)22-25(23-17-11-5-2-8-14(17)20)24-18-12-6-3-9-15(18)21/h1-12,19-21H. The Bertz CT molecular complexity index is 741. The zero-order valence-electron chi connectivity index (χ0n) is 12.9. The highest BCUT2D eigenvalue weighted by atomic mass is 31.2. The first kappa shape index (κ1) is 16.7. The lowest BCUT2D eigenvalue weighted by Gasteiger charge is -2.19. The van der Waals surface area contributed by atoms with E-state index in [-0.39, 0.29) is 34.5 Å². The lowest BCUT2D eigenvalue weighted by molar-refractivity contribution is 0.351. The van der Waals surface area contributed by atoms with E-state index < -0.39 is 8.60 Å². The van der Waals surface area contributed by atoms with Crippen molar-refractivity contribution in [1.82, 2.24) is 0 Å². The van der Waals surface area contributed by atoms with Gasteiger partial charge in [-0.15, -0.1) is 0 Å². The summed E-state index contributed by atoms with van der Waals surface area (Å²) in [4.78, 5) is 0. The SMILES string of the molecule is Oc1ccccc1OP(Oc1ccccc1O)Oc1ccccc1O. The predicted octanol–water partition coefficient (Wildman–Crippen LogP) is 4.57. The van der Waals surface area contributed by atoms with Crippen molar-refractivity contribution in [3.63, 3.8) is 0 Å². The first-order valence-corrected chi connectivity index (χ1v) is 8.41. The Morgan fingerprint density at radius 2 is 0.760 bits per heavy atom. The highest BCUT2D eigenvalue weighted by molar-refractivity contribution is 7.43. The second-order valence-corrected chi connectivity index (χ2v) is 5.90. The van der Waals surface area contributed by atoms with E-state index in [1.807, 2.05) is 0 Å². The molecule has 6 nitrogen and oxygen atoms in total. The minimum absolute atomic E-state index is 0.0863. The van der Waals surface area contributed by atoms with E-state index in [0.717, 1.165) is 0 Å². The van der Waals surface area contributed by atoms with Crippen LogP contribution in [0.1, 0.15) is 0 Å². The van der Waals surface area contributed by atoms with Crippen LogP contribution >= 0.6 is 8.60 Å². The Balaban J connectivity index is 1.86. The van der Waals surface area contributed by atoms with E-state index in [1.165, 1.54) is 18.2 Å². The van der Waals surface area contributed by atoms with Gasteiger partial charge < -0.3 is 28.9 Å². The van der Waals surface area contributed by atoms with Crippen molar-refractivity contribution >= 4 is 8.60 Å². The maximum atomic E-state index is 9.88. The topological polar surface area (TPSA) is 88.4 Å². The minimum atomic E-state index is -2.12. The number of benzene rings is 3. The van der Waals surface area contributed by atoms with Crippen molar-refractivity contribution in [3.05, 3.63) is 72.8 Å². The third-order valence-corrected chi connectivity index (χ3v) is 4.15. The van der Waals surface area contributed by atoms with Crippen LogP contribution < -0.4 is 13.6 Å². The molecule has 0 aromatic heterocycles. The van der Waals surface area contributed by atoms with Crippen LogP contribution in [0.4, 0.5) is 0 Å². The average molecular weight is 358 g/mol. The van der Waals surface area contributed by atoms with Crippen molar-refractivity contribution < 1.29 is 28.9 Å². The van der Waals surface area contributed by atoms with E-state index in [1.54, 1.807) is 54.6 Å². The summed E-state index contributed by atoms with van der Waals surface area (Å²) in [6.45, 7) is 0. The van der Waals surface area contributed by atoms with Crippen molar-refractivity contribution in [2.24, 2.45) is 0 Å². The van der Waals surface area contributed by atoms with Gasteiger partial charge in [-0.2, -0.15) is 0 Å². The molecule has 0 amide bonds. The number of aromatic hydroxyl groups is 3. The van der Waals surface area contributed by atoms with Gasteiger partial charge in [0, 0.05) is 0 Å². The van der Waals surface area contributed by atoms with Crippen LogP contribution in [0, 0.1) is 0 Å². The van der Waals surface area contributed by atoms with E-state index in [4.69, 9.17) is 13.6 Å². The molecule has 0 bridgehead atoms. The molecule has 25 heavy (non-hydrogen) atoms. The number of rotatable bonds is 6. The Labute approximate surface area is 145 Å². The summed E-state index contributed by atoms with van der Waals surface area (Å²) in [5.74, 6) is 0.198. The zero-order valence-corrected chi connectivity index (χ0v) is 13.8. The third kappa shape index (κ3) is 4.25. The predicted molar refractivity (Wildman–Crippen MR) is 93.1 cm³/mol. The Kier molecular flexibility index (Phi) is 5.11. The average Bonchev–Trinajstić information content (AvgIpc) is 2.61. The Morgan fingerprint density at radius 1 is 0.480 bits per heavy atom. The smallest absolute Gasteiger partial charge is 0.504 e. The first-order chi connectivity index (χ1) is 12.1. The van der Waals surface area contributed by atoms with Gasteiger partial charge in [0.1, 0.15) is 0 Å². The number of para-hydroxylation sites is 6. The fraction of sp³-hybridized carbons (Fsp3) is 0. The van der Waals surface area contributed by atoms with Gasteiger partial charge in [-0.05, 0) is 36.4 Å². The molecule has 0 atom stereocenters. The zero-order chi connectivity index (χ0) is 17.6. The van der Waals surface area contributed by atoms with Gasteiger partial charge in [-0.25, -0.2) is 0 Å². The minimum Gasteiger partial charge on any atom is -0.504 e. The summed E-state index contributed by atoms with van der Waals surface area (Å²) in [6, 6.07) is 19.0. The molecule has 0 aliphatic rings. The molecule has 3 N–H and O–H groups in total. The second-order valence-electron chi connectivity index (χ2n) is 4.90. The molecule has 0 radical (unpaired) electrons. The monoisotopic (exact) mass is 358 g/mol. The van der Waals surface area contributed by atoms with Gasteiger partial charge in [0.25, 0.3) is 0 Å². The van der Waals surface area contributed by atoms with Crippen molar-refractivity contribution in [3.8, 4) is 34.5 Å². The largest absolute Gasteiger partial charge is 0.530 e. The quantitative estimate of drug-likeness (QED) is 0.560. The molecule has 7 heteroatoms. The fourth-order valence-electron chi connectivity index (χ4n) is 1.90. The molecule has 0 saturated carbocycles. The molecule has 3 aromatic carbocycles. The van der Waals surface area contributed by atoms with Crippen LogP contribution in [0.3, 0.4) is 0 Å². The maximum absolute atomic E-state index is 9.88. The van der Waals surface area contributed by atoms with Gasteiger partial charge in [0.15, 0.2) is 34.5 Å². The van der Waals surface area contributed by atoms with E-state index in [0.29, 0.717) is 0 Å². The van der Waals surface area contributed by atoms with Crippen LogP contribution in [0.5, 0.6) is 34.5 Å². The fourth-order valence-corrected chi connectivity index (χ4v) is 2.96. The molecular weight excluding hydrogens is 343 g/mol. The molecule has 3 rings (SSSR count). The lowest BCUT2D eigenvalue weighted by atomic mass is 10.3. The molecule has 0 aliphatic carbocycles. The first-order valence-electron chi connectivity index (χ1n) is 7.31. The summed E-state index contributed by atoms with van der Waals surface area (Å²) in [7, 11) is -2.12. The van der Waals surface area contributed by atoms with E-state index in [2.05, 4.69) is 0 Å². The molecule has 0 saturated heterocycles. The van der Waals surface area contributed by atoms with E-state index >= 15 is 0 Å². The second kappa shape index (κ2) is 7.64. The van der Waals surface area contributed by atoms with Gasteiger partial charge >= 0.3 is 8.60 Å². The number of hydrogen-bond donors (Lipinski definition) is 3. The molecule has 0 spiro atoms. The summed E-state index contributed by atoms with van der Waals surface area (Å²) >= 11 is 0. The molecule has 0 fully saturated rings. The normalized spacial score (nSPS) is 10.4. The highest BCUT2D eigenvalue weighted by Crippen LogP contribution is 2.47. The van der Waals surface area contributed by atoms with Crippen LogP contribution in [0.2, 0.25) is 0 Å². The third-order valence-electron chi connectivity index (χ3n) is 3.11. The van der Waals surface area contributed by atoms with Crippen LogP contribution in [0.15, 0.2) is 72.8 Å².